The fourth-order valence-electron chi connectivity index (χ4n) is 3.63. The molecule has 2 fully saturated rings. The van der Waals surface area contributed by atoms with E-state index in [1.54, 1.807) is 11.3 Å². The Bertz CT molecular complexity index is 677. The summed E-state index contributed by atoms with van der Waals surface area (Å²) in [5, 5.41) is 5.10. The Balaban J connectivity index is 1.33. The number of hydrogen-bond donors (Lipinski definition) is 1. The number of carbonyl (C=O) groups is 1. The Morgan fingerprint density at radius 2 is 2.29 bits per heavy atom. The molecule has 4 heterocycles. The van der Waals surface area contributed by atoms with Gasteiger partial charge in [-0.2, -0.15) is 0 Å². The minimum atomic E-state index is -0.0382. The Morgan fingerprint density at radius 1 is 1.33 bits per heavy atom. The number of amides is 1. The average molecular weight is 343 g/mol. The third-order valence-electron chi connectivity index (χ3n) is 4.86. The Morgan fingerprint density at radius 3 is 3.08 bits per heavy atom. The minimum Gasteiger partial charge on any atom is -0.376 e. The van der Waals surface area contributed by atoms with Crippen molar-refractivity contribution in [3.05, 3.63) is 52.5 Å². The molecule has 1 amide bonds. The Labute approximate surface area is 145 Å². The van der Waals surface area contributed by atoms with Crippen LogP contribution in [0.5, 0.6) is 0 Å². The second-order valence-electron chi connectivity index (χ2n) is 6.45. The molecule has 24 heavy (non-hydrogen) atoms. The van der Waals surface area contributed by atoms with Crippen LogP contribution >= 0.6 is 11.3 Å². The molecule has 0 aromatic carbocycles. The molecular weight excluding hydrogens is 322 g/mol. The molecule has 6 heteroatoms. The van der Waals surface area contributed by atoms with Crippen molar-refractivity contribution >= 4 is 17.2 Å². The zero-order chi connectivity index (χ0) is 16.4. The van der Waals surface area contributed by atoms with Crippen LogP contribution in [0.25, 0.3) is 0 Å². The van der Waals surface area contributed by atoms with E-state index in [4.69, 9.17) is 4.74 Å². The number of likely N-dealkylation sites (tertiary alicyclic amines) is 1. The molecule has 0 saturated carbocycles. The van der Waals surface area contributed by atoms with Gasteiger partial charge in [0, 0.05) is 36.6 Å². The summed E-state index contributed by atoms with van der Waals surface area (Å²) in [5.74, 6) is 0.372. The van der Waals surface area contributed by atoms with Gasteiger partial charge in [0.15, 0.2) is 0 Å². The van der Waals surface area contributed by atoms with Gasteiger partial charge in [0.1, 0.15) is 0 Å². The van der Waals surface area contributed by atoms with Crippen molar-refractivity contribution in [3.8, 4) is 0 Å². The molecule has 3 atom stereocenters. The zero-order valence-corrected chi connectivity index (χ0v) is 14.2. The van der Waals surface area contributed by atoms with Crippen LogP contribution in [0.4, 0.5) is 0 Å². The number of nitrogens with zero attached hydrogens (tertiary/aromatic N) is 2. The summed E-state index contributed by atoms with van der Waals surface area (Å²) in [6.45, 7) is 3.76. The molecule has 2 aliphatic heterocycles. The van der Waals surface area contributed by atoms with Crippen molar-refractivity contribution in [2.75, 3.05) is 19.7 Å². The first kappa shape index (κ1) is 15.7. The summed E-state index contributed by atoms with van der Waals surface area (Å²) < 4.78 is 5.90. The molecule has 4 rings (SSSR count). The maximum Gasteiger partial charge on any atom is 0.226 e. The third kappa shape index (κ3) is 3.36. The topological polar surface area (TPSA) is 54.5 Å². The van der Waals surface area contributed by atoms with E-state index in [1.807, 2.05) is 41.9 Å². The van der Waals surface area contributed by atoms with Gasteiger partial charge in [0.2, 0.25) is 5.91 Å². The maximum absolute atomic E-state index is 12.5. The first-order valence-corrected chi connectivity index (χ1v) is 9.21. The highest BCUT2D eigenvalue weighted by atomic mass is 32.1. The second-order valence-corrected chi connectivity index (χ2v) is 7.49. The molecule has 2 aromatic rings. The fraction of sp³-hybridized carbons (Fsp3) is 0.444. The van der Waals surface area contributed by atoms with Crippen LogP contribution in [0, 0.1) is 11.8 Å². The monoisotopic (exact) mass is 343 g/mol. The molecule has 2 aromatic heterocycles. The number of nitrogens with one attached hydrogen (secondary N) is 1. The molecule has 0 spiro atoms. The van der Waals surface area contributed by atoms with Gasteiger partial charge >= 0.3 is 0 Å². The smallest absolute Gasteiger partial charge is 0.226 e. The normalized spacial score (nSPS) is 26.4. The highest BCUT2D eigenvalue weighted by Gasteiger charge is 2.46. The SMILES string of the molecule is O=C(NCc1cccs1)[C@H]1CO[C@@H]2CN(Cc3ccccn3)C[C@H]12. The number of thiophene rings is 1. The van der Waals surface area contributed by atoms with E-state index < -0.39 is 0 Å². The molecule has 2 aliphatic rings. The first-order valence-electron chi connectivity index (χ1n) is 8.33. The van der Waals surface area contributed by atoms with Gasteiger partial charge < -0.3 is 10.1 Å². The molecular formula is C18H21N3O2S. The second kappa shape index (κ2) is 7.01. The fourth-order valence-corrected chi connectivity index (χ4v) is 4.28. The van der Waals surface area contributed by atoms with Crippen molar-refractivity contribution in [1.82, 2.24) is 15.2 Å². The number of fused-ring (bicyclic) bond motifs is 1. The van der Waals surface area contributed by atoms with Gasteiger partial charge in [-0.3, -0.25) is 14.7 Å². The summed E-state index contributed by atoms with van der Waals surface area (Å²) in [4.78, 5) is 20.4. The minimum absolute atomic E-state index is 0.0382. The lowest BCUT2D eigenvalue weighted by atomic mass is 9.92. The third-order valence-corrected chi connectivity index (χ3v) is 5.73. The molecule has 0 bridgehead atoms. The van der Waals surface area contributed by atoms with Crippen LogP contribution in [-0.2, 0) is 22.6 Å². The van der Waals surface area contributed by atoms with E-state index in [9.17, 15) is 4.79 Å². The highest BCUT2D eigenvalue weighted by molar-refractivity contribution is 7.09. The van der Waals surface area contributed by atoms with E-state index in [0.717, 1.165) is 25.3 Å². The van der Waals surface area contributed by atoms with Crippen LogP contribution in [0.1, 0.15) is 10.6 Å². The summed E-state index contributed by atoms with van der Waals surface area (Å²) in [6, 6.07) is 10.0. The van der Waals surface area contributed by atoms with Crippen molar-refractivity contribution in [2.24, 2.45) is 11.8 Å². The van der Waals surface area contributed by atoms with Crippen LogP contribution < -0.4 is 5.32 Å². The number of aromatic nitrogens is 1. The zero-order valence-electron chi connectivity index (χ0n) is 13.4. The molecule has 2 saturated heterocycles. The van der Waals surface area contributed by atoms with E-state index in [1.165, 1.54) is 4.88 Å². The van der Waals surface area contributed by atoms with Gasteiger partial charge in [0.25, 0.3) is 0 Å². The summed E-state index contributed by atoms with van der Waals surface area (Å²) >= 11 is 1.67. The number of carbonyl (C=O) groups excluding carboxylic acids is 1. The predicted octanol–water partition coefficient (Wildman–Crippen LogP) is 1.91. The maximum atomic E-state index is 12.5. The van der Waals surface area contributed by atoms with E-state index in [-0.39, 0.29) is 23.8 Å². The molecule has 126 valence electrons. The standard InChI is InChI=1S/C18H21N3O2S/c22-18(20-8-14-5-3-7-24-14)16-12-23-17-11-21(10-15(16)17)9-13-4-1-2-6-19-13/h1-7,15-17H,8-12H2,(H,20,22)/t15-,16+,17-/m1/s1. The molecule has 0 aliphatic carbocycles. The van der Waals surface area contributed by atoms with E-state index in [2.05, 4.69) is 15.2 Å². The quantitative estimate of drug-likeness (QED) is 0.901. The number of hydrogen-bond acceptors (Lipinski definition) is 5. The number of pyridine rings is 1. The lowest BCUT2D eigenvalue weighted by Crippen LogP contribution is -2.36. The lowest BCUT2D eigenvalue weighted by molar-refractivity contribution is -0.126. The van der Waals surface area contributed by atoms with Crippen molar-refractivity contribution in [3.63, 3.8) is 0 Å². The van der Waals surface area contributed by atoms with Gasteiger partial charge in [0.05, 0.1) is 30.9 Å². The first-order chi connectivity index (χ1) is 11.8. The van der Waals surface area contributed by atoms with E-state index in [0.29, 0.717) is 13.2 Å². The van der Waals surface area contributed by atoms with Crippen molar-refractivity contribution in [2.45, 2.75) is 19.2 Å². The molecule has 1 N–H and O–H groups in total. The summed E-state index contributed by atoms with van der Waals surface area (Å²) in [7, 11) is 0. The largest absolute Gasteiger partial charge is 0.376 e. The highest BCUT2D eigenvalue weighted by Crippen LogP contribution is 2.34. The molecule has 0 radical (unpaired) electrons. The van der Waals surface area contributed by atoms with Crippen LogP contribution in [0.3, 0.4) is 0 Å². The Kier molecular flexibility index (Phi) is 4.60. The van der Waals surface area contributed by atoms with Crippen molar-refractivity contribution in [1.29, 1.82) is 0 Å². The van der Waals surface area contributed by atoms with Crippen LogP contribution in [-0.4, -0.2) is 41.6 Å². The molecule has 5 nitrogen and oxygen atoms in total. The summed E-state index contributed by atoms with van der Waals surface area (Å²) in [6.07, 6.45) is 2.00. The number of ether oxygens (including phenoxy) is 1. The van der Waals surface area contributed by atoms with Gasteiger partial charge in [-0.25, -0.2) is 0 Å². The van der Waals surface area contributed by atoms with Gasteiger partial charge in [-0.05, 0) is 23.6 Å². The molecule has 0 unspecified atom stereocenters. The number of rotatable bonds is 5. The van der Waals surface area contributed by atoms with Crippen LogP contribution in [0.2, 0.25) is 0 Å². The van der Waals surface area contributed by atoms with Gasteiger partial charge in [-0.1, -0.05) is 12.1 Å². The van der Waals surface area contributed by atoms with E-state index >= 15 is 0 Å². The van der Waals surface area contributed by atoms with Crippen LogP contribution in [0.15, 0.2) is 41.9 Å². The Hall–Kier alpha value is -1.76. The summed E-state index contributed by atoms with van der Waals surface area (Å²) in [5.41, 5.74) is 1.07. The van der Waals surface area contributed by atoms with Crippen molar-refractivity contribution < 1.29 is 9.53 Å². The lowest BCUT2D eigenvalue weighted by Gasteiger charge is -2.19. The average Bonchev–Trinajstić information content (AvgIpc) is 3.30. The predicted molar refractivity (Wildman–Crippen MR) is 92.4 cm³/mol. The van der Waals surface area contributed by atoms with Gasteiger partial charge in [-0.15, -0.1) is 11.3 Å².